The molecule has 4 heteroatoms. The summed E-state index contributed by atoms with van der Waals surface area (Å²) >= 11 is 5.95. The number of nitrogens with zero attached hydrogens (tertiary/aromatic N) is 1. The number of oxazole rings is 1. The number of hydrogen-bond acceptors (Lipinski definition) is 3. The molecule has 0 bridgehead atoms. The van der Waals surface area contributed by atoms with Crippen molar-refractivity contribution >= 4 is 28.4 Å². The van der Waals surface area contributed by atoms with E-state index in [9.17, 15) is 0 Å². The summed E-state index contributed by atoms with van der Waals surface area (Å²) in [4.78, 5) is 4.38. The number of nitrogens with two attached hydrogens (primary N) is 1. The van der Waals surface area contributed by atoms with Crippen molar-refractivity contribution in [1.82, 2.24) is 4.98 Å². The third-order valence-corrected chi connectivity index (χ3v) is 2.68. The van der Waals surface area contributed by atoms with Crippen LogP contribution in [-0.4, -0.2) is 4.98 Å². The second-order valence-electron chi connectivity index (χ2n) is 3.76. The van der Waals surface area contributed by atoms with Crippen LogP contribution in [0.1, 0.15) is 0 Å². The van der Waals surface area contributed by atoms with Crippen LogP contribution >= 0.6 is 11.6 Å². The molecule has 3 aromatic rings. The first-order valence-corrected chi connectivity index (χ1v) is 5.52. The molecule has 17 heavy (non-hydrogen) atoms. The van der Waals surface area contributed by atoms with Crippen molar-refractivity contribution in [3.05, 3.63) is 47.5 Å². The fraction of sp³-hybridized carbons (Fsp3) is 0. The highest BCUT2D eigenvalue weighted by molar-refractivity contribution is 6.31. The molecule has 0 aliphatic heterocycles. The first-order chi connectivity index (χ1) is 8.22. The monoisotopic (exact) mass is 244 g/mol. The Morgan fingerprint density at radius 2 is 1.94 bits per heavy atom. The summed E-state index contributed by atoms with van der Waals surface area (Å²) in [6, 6.07) is 12.9. The summed E-state index contributed by atoms with van der Waals surface area (Å²) < 4.78 is 5.64. The number of benzene rings is 2. The summed E-state index contributed by atoms with van der Waals surface area (Å²) in [5.41, 5.74) is 8.68. The zero-order chi connectivity index (χ0) is 11.8. The first-order valence-electron chi connectivity index (χ1n) is 5.14. The third kappa shape index (κ3) is 1.85. The lowest BCUT2D eigenvalue weighted by Crippen LogP contribution is -1.86. The number of hydrogen-bond donors (Lipinski definition) is 1. The zero-order valence-electron chi connectivity index (χ0n) is 8.85. The van der Waals surface area contributed by atoms with E-state index in [1.54, 1.807) is 18.2 Å². The van der Waals surface area contributed by atoms with Crippen molar-refractivity contribution < 1.29 is 4.42 Å². The van der Waals surface area contributed by atoms with Crippen molar-refractivity contribution in [3.8, 4) is 11.5 Å². The molecule has 0 fully saturated rings. The van der Waals surface area contributed by atoms with Crippen molar-refractivity contribution in [3.63, 3.8) is 0 Å². The molecule has 0 atom stereocenters. The van der Waals surface area contributed by atoms with Crippen LogP contribution in [0.5, 0.6) is 0 Å². The highest BCUT2D eigenvalue weighted by Gasteiger charge is 2.08. The average molecular weight is 245 g/mol. The molecule has 2 N–H and O–H groups in total. The molecule has 0 spiro atoms. The molecule has 0 saturated heterocycles. The number of nitrogen functional groups attached to an aromatic ring is 1. The minimum Gasteiger partial charge on any atom is -0.436 e. The summed E-state index contributed by atoms with van der Waals surface area (Å²) in [7, 11) is 0. The Kier molecular flexibility index (Phi) is 2.27. The van der Waals surface area contributed by atoms with Gasteiger partial charge in [-0.05, 0) is 30.3 Å². The van der Waals surface area contributed by atoms with Crippen LogP contribution < -0.4 is 5.73 Å². The van der Waals surface area contributed by atoms with E-state index in [0.29, 0.717) is 16.6 Å². The van der Waals surface area contributed by atoms with Gasteiger partial charge >= 0.3 is 0 Å². The van der Waals surface area contributed by atoms with Gasteiger partial charge < -0.3 is 10.2 Å². The molecule has 0 unspecified atom stereocenters. The fourth-order valence-corrected chi connectivity index (χ4v) is 1.98. The average Bonchev–Trinajstić information content (AvgIpc) is 2.71. The number of rotatable bonds is 1. The normalized spacial score (nSPS) is 10.9. The largest absolute Gasteiger partial charge is 0.436 e. The molecule has 1 aromatic heterocycles. The van der Waals surface area contributed by atoms with Gasteiger partial charge in [-0.2, -0.15) is 0 Å². The summed E-state index contributed by atoms with van der Waals surface area (Å²) in [5, 5.41) is 0.572. The lowest BCUT2D eigenvalue weighted by molar-refractivity contribution is 0.620. The van der Waals surface area contributed by atoms with Crippen LogP contribution in [0.2, 0.25) is 5.02 Å². The number of aromatic nitrogens is 1. The molecule has 84 valence electrons. The topological polar surface area (TPSA) is 52.0 Å². The quantitative estimate of drug-likeness (QED) is 0.664. The summed E-state index contributed by atoms with van der Waals surface area (Å²) in [5.74, 6) is 0.528. The molecule has 0 aliphatic rings. The number of anilines is 1. The molecule has 3 nitrogen and oxygen atoms in total. The van der Waals surface area contributed by atoms with Gasteiger partial charge in [0.05, 0.1) is 0 Å². The van der Waals surface area contributed by atoms with Crippen molar-refractivity contribution in [2.24, 2.45) is 0 Å². The molecule has 0 saturated carbocycles. The van der Waals surface area contributed by atoms with Crippen LogP contribution in [0.4, 0.5) is 5.69 Å². The Hall–Kier alpha value is -2.00. The lowest BCUT2D eigenvalue weighted by atomic mass is 10.2. The highest BCUT2D eigenvalue weighted by atomic mass is 35.5. The van der Waals surface area contributed by atoms with E-state index in [-0.39, 0.29) is 0 Å². The predicted octanol–water partition coefficient (Wildman–Crippen LogP) is 3.73. The SMILES string of the molecule is Nc1cc(Cl)cc(-c2nc3ccccc3o2)c1. The van der Waals surface area contributed by atoms with Crippen LogP contribution in [0.25, 0.3) is 22.6 Å². The Morgan fingerprint density at radius 1 is 1.12 bits per heavy atom. The van der Waals surface area contributed by atoms with E-state index in [0.717, 1.165) is 16.7 Å². The maximum Gasteiger partial charge on any atom is 0.227 e. The predicted molar refractivity (Wildman–Crippen MR) is 68.9 cm³/mol. The standard InChI is InChI=1S/C13H9ClN2O/c14-9-5-8(6-10(15)7-9)13-16-11-3-1-2-4-12(11)17-13/h1-7H,15H2. The van der Waals surface area contributed by atoms with Crippen LogP contribution in [-0.2, 0) is 0 Å². The first kappa shape index (κ1) is 10.2. The van der Waals surface area contributed by atoms with Gasteiger partial charge in [0.15, 0.2) is 5.58 Å². The minimum absolute atomic E-state index is 0.528. The van der Waals surface area contributed by atoms with E-state index < -0.39 is 0 Å². The van der Waals surface area contributed by atoms with Gasteiger partial charge in [-0.15, -0.1) is 0 Å². The minimum atomic E-state index is 0.528. The Bertz CT molecular complexity index is 637. The second kappa shape index (κ2) is 3.79. The van der Waals surface area contributed by atoms with Crippen LogP contribution in [0, 0.1) is 0 Å². The molecule has 2 aromatic carbocycles. The molecule has 0 radical (unpaired) electrons. The smallest absolute Gasteiger partial charge is 0.227 e. The van der Waals surface area contributed by atoms with E-state index in [1.807, 2.05) is 24.3 Å². The van der Waals surface area contributed by atoms with Gasteiger partial charge in [0.1, 0.15) is 5.52 Å². The molecule has 1 heterocycles. The van der Waals surface area contributed by atoms with Crippen molar-refractivity contribution in [1.29, 1.82) is 0 Å². The summed E-state index contributed by atoms with van der Waals surface area (Å²) in [6.45, 7) is 0. The Labute approximate surface area is 103 Å². The Morgan fingerprint density at radius 3 is 2.71 bits per heavy atom. The third-order valence-electron chi connectivity index (χ3n) is 2.46. The maximum absolute atomic E-state index is 5.95. The summed E-state index contributed by atoms with van der Waals surface area (Å²) in [6.07, 6.45) is 0. The lowest BCUT2D eigenvalue weighted by Gasteiger charge is -1.98. The van der Waals surface area contributed by atoms with Crippen molar-refractivity contribution in [2.45, 2.75) is 0 Å². The van der Waals surface area contributed by atoms with Gasteiger partial charge in [-0.3, -0.25) is 0 Å². The van der Waals surface area contributed by atoms with Gasteiger partial charge in [0.2, 0.25) is 5.89 Å². The molecule has 0 aliphatic carbocycles. The zero-order valence-corrected chi connectivity index (χ0v) is 9.61. The van der Waals surface area contributed by atoms with Gasteiger partial charge in [-0.25, -0.2) is 4.98 Å². The fourth-order valence-electron chi connectivity index (χ4n) is 1.73. The number of para-hydroxylation sites is 2. The van der Waals surface area contributed by atoms with E-state index in [1.165, 1.54) is 0 Å². The highest BCUT2D eigenvalue weighted by Crippen LogP contribution is 2.28. The van der Waals surface area contributed by atoms with Gasteiger partial charge in [-0.1, -0.05) is 23.7 Å². The number of halogens is 1. The molecular formula is C13H9ClN2O. The van der Waals surface area contributed by atoms with E-state index in [4.69, 9.17) is 21.8 Å². The Balaban J connectivity index is 2.20. The second-order valence-corrected chi connectivity index (χ2v) is 4.20. The van der Waals surface area contributed by atoms with Gasteiger partial charge in [0.25, 0.3) is 0 Å². The van der Waals surface area contributed by atoms with E-state index >= 15 is 0 Å². The maximum atomic E-state index is 5.95. The van der Waals surface area contributed by atoms with Gasteiger partial charge in [0, 0.05) is 16.3 Å². The van der Waals surface area contributed by atoms with Crippen molar-refractivity contribution in [2.75, 3.05) is 5.73 Å². The molecular weight excluding hydrogens is 236 g/mol. The van der Waals surface area contributed by atoms with Crippen LogP contribution in [0.3, 0.4) is 0 Å². The van der Waals surface area contributed by atoms with E-state index in [2.05, 4.69) is 4.98 Å². The number of fused-ring (bicyclic) bond motifs is 1. The van der Waals surface area contributed by atoms with Crippen LogP contribution in [0.15, 0.2) is 46.9 Å². The molecule has 0 amide bonds. The molecule has 3 rings (SSSR count).